The van der Waals surface area contributed by atoms with Crippen molar-refractivity contribution in [3.63, 3.8) is 0 Å². The predicted molar refractivity (Wildman–Crippen MR) is 82.4 cm³/mol. The Morgan fingerprint density at radius 1 is 1.25 bits per heavy atom. The molecule has 0 atom stereocenters. The number of rotatable bonds is 9. The summed E-state index contributed by atoms with van der Waals surface area (Å²) >= 11 is 0. The first-order valence-electron chi connectivity index (χ1n) is 7.19. The van der Waals surface area contributed by atoms with Gasteiger partial charge >= 0.3 is 0 Å². The van der Waals surface area contributed by atoms with Crippen LogP contribution in [0.2, 0.25) is 0 Å². The van der Waals surface area contributed by atoms with Gasteiger partial charge in [0.1, 0.15) is 0 Å². The van der Waals surface area contributed by atoms with Gasteiger partial charge in [0.2, 0.25) is 0 Å². The van der Waals surface area contributed by atoms with Gasteiger partial charge in [-0.15, -0.1) is 0 Å². The molecule has 114 valence electrons. The molecule has 0 aliphatic rings. The molecule has 0 aliphatic heterocycles. The van der Waals surface area contributed by atoms with E-state index in [-0.39, 0.29) is 5.03 Å². The summed E-state index contributed by atoms with van der Waals surface area (Å²) in [5, 5.41) is 3.24. The summed E-state index contributed by atoms with van der Waals surface area (Å²) in [6, 6.07) is 3.50. The smallest absolute Gasteiger partial charge is 0.262 e. The van der Waals surface area contributed by atoms with Crippen LogP contribution >= 0.6 is 0 Å². The number of anilines is 1. The fourth-order valence-corrected chi connectivity index (χ4v) is 3.12. The lowest BCUT2D eigenvalue weighted by molar-refractivity contribution is 0.452. The van der Waals surface area contributed by atoms with Gasteiger partial charge in [-0.25, -0.2) is 13.4 Å². The molecule has 1 N–H and O–H groups in total. The predicted octanol–water partition coefficient (Wildman–Crippen LogP) is 2.71. The number of sulfonamides is 1. The van der Waals surface area contributed by atoms with Crippen LogP contribution in [0.3, 0.4) is 0 Å². The van der Waals surface area contributed by atoms with E-state index in [1.54, 1.807) is 19.2 Å². The highest BCUT2D eigenvalue weighted by Gasteiger charge is 2.24. The van der Waals surface area contributed by atoms with Crippen molar-refractivity contribution < 1.29 is 8.42 Å². The third-order valence-corrected chi connectivity index (χ3v) is 4.89. The number of nitrogens with one attached hydrogen (secondary N) is 1. The summed E-state index contributed by atoms with van der Waals surface area (Å²) in [7, 11) is -1.91. The molecule has 0 saturated carbocycles. The number of hydrogen-bond donors (Lipinski definition) is 1. The molecule has 6 heteroatoms. The average Bonchev–Trinajstić information content (AvgIpc) is 2.45. The number of hydrogen-bond acceptors (Lipinski definition) is 4. The molecule has 0 amide bonds. The van der Waals surface area contributed by atoms with Crippen molar-refractivity contribution in [2.45, 2.75) is 44.6 Å². The Bertz CT molecular complexity index is 503. The zero-order valence-corrected chi connectivity index (χ0v) is 13.4. The van der Waals surface area contributed by atoms with Crippen molar-refractivity contribution in [2.75, 3.05) is 25.5 Å². The zero-order chi connectivity index (χ0) is 15.0. The van der Waals surface area contributed by atoms with Crippen LogP contribution < -0.4 is 5.32 Å². The van der Waals surface area contributed by atoms with Crippen LogP contribution in [0.5, 0.6) is 0 Å². The Labute approximate surface area is 122 Å². The van der Waals surface area contributed by atoms with E-state index in [9.17, 15) is 8.42 Å². The van der Waals surface area contributed by atoms with Gasteiger partial charge in [-0.2, -0.15) is 4.31 Å². The number of unbranched alkanes of at least 4 members (excludes halogenated alkanes) is 2. The largest absolute Gasteiger partial charge is 0.383 e. The summed E-state index contributed by atoms with van der Waals surface area (Å²) in [4.78, 5) is 4.06. The Kier molecular flexibility index (Phi) is 6.95. The number of pyridine rings is 1. The van der Waals surface area contributed by atoms with E-state index in [1.165, 1.54) is 10.5 Å². The third kappa shape index (κ3) is 4.45. The Hall–Kier alpha value is -1.14. The summed E-state index contributed by atoms with van der Waals surface area (Å²) in [5.41, 5.74) is 0.580. The van der Waals surface area contributed by atoms with Crippen molar-refractivity contribution in [3.8, 4) is 0 Å². The minimum absolute atomic E-state index is 0.118. The molecule has 1 aromatic rings. The molecule has 0 saturated heterocycles. The molecule has 0 spiro atoms. The lowest BCUT2D eigenvalue weighted by Gasteiger charge is -2.18. The Morgan fingerprint density at radius 2 is 2.00 bits per heavy atom. The van der Waals surface area contributed by atoms with Gasteiger partial charge in [-0.3, -0.25) is 0 Å². The molecule has 0 bridgehead atoms. The van der Waals surface area contributed by atoms with Crippen LogP contribution in [0, 0.1) is 0 Å². The first kappa shape index (κ1) is 16.9. The lowest BCUT2D eigenvalue weighted by atomic mass is 10.2. The van der Waals surface area contributed by atoms with Gasteiger partial charge in [-0.05, 0) is 25.0 Å². The van der Waals surface area contributed by atoms with E-state index >= 15 is 0 Å². The van der Waals surface area contributed by atoms with Crippen LogP contribution in [0.4, 0.5) is 5.69 Å². The average molecular weight is 299 g/mol. The minimum Gasteiger partial charge on any atom is -0.383 e. The molecule has 5 nitrogen and oxygen atoms in total. The molecule has 0 radical (unpaired) electrons. The topological polar surface area (TPSA) is 62.3 Å². The van der Waals surface area contributed by atoms with Gasteiger partial charge in [-0.1, -0.05) is 26.7 Å². The highest BCUT2D eigenvalue weighted by Crippen LogP contribution is 2.21. The molecular formula is C14H25N3O2S. The quantitative estimate of drug-likeness (QED) is 0.712. The second-order valence-electron chi connectivity index (χ2n) is 4.82. The molecule has 20 heavy (non-hydrogen) atoms. The Morgan fingerprint density at radius 3 is 2.65 bits per heavy atom. The monoisotopic (exact) mass is 299 g/mol. The van der Waals surface area contributed by atoms with E-state index in [2.05, 4.69) is 17.2 Å². The van der Waals surface area contributed by atoms with Crippen molar-refractivity contribution >= 4 is 15.7 Å². The minimum atomic E-state index is -3.52. The summed E-state index contributed by atoms with van der Waals surface area (Å²) in [6.45, 7) is 5.39. The van der Waals surface area contributed by atoms with Crippen molar-refractivity contribution in [2.24, 2.45) is 0 Å². The summed E-state index contributed by atoms with van der Waals surface area (Å²) in [5.74, 6) is 0. The molecule has 0 aromatic carbocycles. The SMILES string of the molecule is CCCCCN(C)S(=O)(=O)c1ncccc1NCCC. The highest BCUT2D eigenvalue weighted by atomic mass is 32.2. The fourth-order valence-electron chi connectivity index (χ4n) is 1.84. The first-order valence-corrected chi connectivity index (χ1v) is 8.63. The molecule has 0 unspecified atom stereocenters. The van der Waals surface area contributed by atoms with Gasteiger partial charge in [0.05, 0.1) is 5.69 Å². The van der Waals surface area contributed by atoms with E-state index < -0.39 is 10.0 Å². The van der Waals surface area contributed by atoms with E-state index in [0.29, 0.717) is 12.2 Å². The zero-order valence-electron chi connectivity index (χ0n) is 12.6. The molecular weight excluding hydrogens is 274 g/mol. The second kappa shape index (κ2) is 8.21. The lowest BCUT2D eigenvalue weighted by Crippen LogP contribution is -2.29. The van der Waals surface area contributed by atoms with E-state index in [1.807, 2.05) is 6.92 Å². The maximum Gasteiger partial charge on any atom is 0.262 e. The van der Waals surface area contributed by atoms with Gasteiger partial charge in [0.25, 0.3) is 10.0 Å². The van der Waals surface area contributed by atoms with Crippen LogP contribution in [0.15, 0.2) is 23.4 Å². The van der Waals surface area contributed by atoms with Crippen molar-refractivity contribution in [1.82, 2.24) is 9.29 Å². The molecule has 0 fully saturated rings. The van der Waals surface area contributed by atoms with Gasteiger partial charge < -0.3 is 5.32 Å². The van der Waals surface area contributed by atoms with Crippen LogP contribution in [-0.4, -0.2) is 37.8 Å². The van der Waals surface area contributed by atoms with E-state index in [0.717, 1.165) is 32.2 Å². The first-order chi connectivity index (χ1) is 9.54. The Balaban J connectivity index is 2.90. The van der Waals surface area contributed by atoms with E-state index in [4.69, 9.17) is 0 Å². The standard InChI is InChI=1S/C14H25N3O2S/c1-4-6-7-12-17(3)20(18,19)14-13(15-10-5-2)9-8-11-16-14/h8-9,11,15H,4-7,10,12H2,1-3H3. The number of aromatic nitrogens is 1. The summed E-state index contributed by atoms with van der Waals surface area (Å²) in [6.07, 6.45) is 5.42. The van der Waals surface area contributed by atoms with Crippen LogP contribution in [-0.2, 0) is 10.0 Å². The van der Waals surface area contributed by atoms with Crippen LogP contribution in [0.1, 0.15) is 39.5 Å². The van der Waals surface area contributed by atoms with Gasteiger partial charge in [0.15, 0.2) is 5.03 Å². The normalized spacial score (nSPS) is 11.8. The maximum atomic E-state index is 12.5. The van der Waals surface area contributed by atoms with Crippen molar-refractivity contribution in [3.05, 3.63) is 18.3 Å². The van der Waals surface area contributed by atoms with Crippen molar-refractivity contribution in [1.29, 1.82) is 0 Å². The maximum absolute atomic E-state index is 12.5. The molecule has 1 aromatic heterocycles. The molecule has 1 heterocycles. The van der Waals surface area contributed by atoms with Gasteiger partial charge in [0, 0.05) is 26.3 Å². The second-order valence-corrected chi connectivity index (χ2v) is 6.78. The molecule has 1 rings (SSSR count). The third-order valence-electron chi connectivity index (χ3n) is 3.07. The summed E-state index contributed by atoms with van der Waals surface area (Å²) < 4.78 is 26.5. The number of nitrogens with zero attached hydrogens (tertiary/aromatic N) is 2. The highest BCUT2D eigenvalue weighted by molar-refractivity contribution is 7.89. The van der Waals surface area contributed by atoms with Crippen LogP contribution in [0.25, 0.3) is 0 Å². The molecule has 0 aliphatic carbocycles. The fraction of sp³-hybridized carbons (Fsp3) is 0.643.